The number of hydrogen-bond acceptors (Lipinski definition) is 4. The predicted molar refractivity (Wildman–Crippen MR) is 47.6 cm³/mol. The van der Waals surface area contributed by atoms with Crippen LogP contribution in [-0.2, 0) is 18.3 Å². The molecule has 0 bridgehead atoms. The van der Waals surface area contributed by atoms with Crippen LogP contribution in [0, 0.1) is 0 Å². The fourth-order valence-corrected chi connectivity index (χ4v) is 2.29. The van der Waals surface area contributed by atoms with E-state index in [1.807, 2.05) is 0 Å². The van der Waals surface area contributed by atoms with E-state index in [4.69, 9.17) is 13.8 Å². The Hall–Kier alpha value is 0.110. The highest BCUT2D eigenvalue weighted by Gasteiger charge is 2.22. The number of methoxy groups -OCH3 is 1. The van der Waals surface area contributed by atoms with E-state index in [-0.39, 0.29) is 0 Å². The zero-order valence-corrected chi connectivity index (χ0v) is 8.80. The average molecular weight is 196 g/mol. The minimum Gasteiger partial charge on any atom is -0.384 e. The Morgan fingerprint density at radius 2 is 1.67 bits per heavy atom. The van der Waals surface area contributed by atoms with Crippen molar-refractivity contribution in [3.63, 3.8) is 0 Å². The monoisotopic (exact) mass is 196 g/mol. The topological polar surface area (TPSA) is 44.8 Å². The van der Waals surface area contributed by atoms with E-state index in [1.54, 1.807) is 21.0 Å². The van der Waals surface area contributed by atoms with Crippen LogP contribution in [0.5, 0.6) is 0 Å². The van der Waals surface area contributed by atoms with Gasteiger partial charge in [0.1, 0.15) is 0 Å². The Bertz CT molecular complexity index is 138. The van der Waals surface area contributed by atoms with E-state index >= 15 is 0 Å². The second-order valence-electron chi connectivity index (χ2n) is 2.16. The molecule has 0 saturated carbocycles. The molecule has 0 aromatic rings. The van der Waals surface area contributed by atoms with Crippen LogP contribution in [0.15, 0.2) is 0 Å². The van der Waals surface area contributed by atoms with E-state index in [2.05, 4.69) is 0 Å². The van der Waals surface area contributed by atoms with Gasteiger partial charge in [-0.1, -0.05) is 0 Å². The van der Waals surface area contributed by atoms with Crippen molar-refractivity contribution in [2.24, 2.45) is 0 Å². The van der Waals surface area contributed by atoms with Gasteiger partial charge in [-0.15, -0.1) is 0 Å². The summed E-state index contributed by atoms with van der Waals surface area (Å²) in [5.41, 5.74) is 0. The molecule has 5 heteroatoms. The third kappa shape index (κ3) is 4.88. The SMILES string of the molecule is CCOP(=O)(CCOC)OCC. The lowest BCUT2D eigenvalue weighted by molar-refractivity contribution is 0.187. The van der Waals surface area contributed by atoms with Crippen LogP contribution < -0.4 is 0 Å². The van der Waals surface area contributed by atoms with Crippen molar-refractivity contribution in [2.75, 3.05) is 33.1 Å². The van der Waals surface area contributed by atoms with Gasteiger partial charge in [0.2, 0.25) is 0 Å². The lowest BCUT2D eigenvalue weighted by atomic mass is 10.9. The highest BCUT2D eigenvalue weighted by molar-refractivity contribution is 7.53. The van der Waals surface area contributed by atoms with E-state index in [1.165, 1.54) is 0 Å². The van der Waals surface area contributed by atoms with Gasteiger partial charge in [-0.2, -0.15) is 0 Å². The van der Waals surface area contributed by atoms with Gasteiger partial charge < -0.3 is 13.8 Å². The van der Waals surface area contributed by atoms with Crippen molar-refractivity contribution in [1.29, 1.82) is 0 Å². The molecule has 0 aliphatic carbocycles. The molecule has 0 heterocycles. The summed E-state index contributed by atoms with van der Waals surface area (Å²) >= 11 is 0. The second-order valence-corrected chi connectivity index (χ2v) is 4.35. The van der Waals surface area contributed by atoms with Crippen molar-refractivity contribution in [1.82, 2.24) is 0 Å². The third-order valence-corrected chi connectivity index (χ3v) is 3.25. The Labute approximate surface area is 73.7 Å². The molecule has 0 aliphatic rings. The lowest BCUT2D eigenvalue weighted by Crippen LogP contribution is -2.04. The first-order valence-corrected chi connectivity index (χ1v) is 5.78. The Kier molecular flexibility index (Phi) is 6.67. The molecule has 0 atom stereocenters. The van der Waals surface area contributed by atoms with Crippen LogP contribution >= 0.6 is 7.60 Å². The fraction of sp³-hybridized carbons (Fsp3) is 1.00. The number of rotatable bonds is 7. The molecular formula is C7H17O4P. The first-order chi connectivity index (χ1) is 5.68. The standard InChI is InChI=1S/C7H17O4P/c1-4-10-12(8,11-5-2)7-6-9-3/h4-7H2,1-3H3. The minimum atomic E-state index is -2.86. The normalized spacial score (nSPS) is 11.9. The molecule has 74 valence electrons. The second kappa shape index (κ2) is 6.61. The summed E-state index contributed by atoms with van der Waals surface area (Å²) in [5.74, 6) is 0. The van der Waals surface area contributed by atoms with Gasteiger partial charge in [0.05, 0.1) is 26.0 Å². The molecule has 0 amide bonds. The fourth-order valence-electron chi connectivity index (χ4n) is 0.763. The molecule has 0 radical (unpaired) electrons. The van der Waals surface area contributed by atoms with Crippen LogP contribution in [0.2, 0.25) is 0 Å². The summed E-state index contributed by atoms with van der Waals surface area (Å²) in [7, 11) is -1.30. The average Bonchev–Trinajstić information content (AvgIpc) is 2.02. The molecule has 0 aliphatic heterocycles. The molecule has 0 aromatic heterocycles. The van der Waals surface area contributed by atoms with Crippen LogP contribution in [0.4, 0.5) is 0 Å². The van der Waals surface area contributed by atoms with Crippen LogP contribution in [-0.4, -0.2) is 33.1 Å². The van der Waals surface area contributed by atoms with Crippen LogP contribution in [0.25, 0.3) is 0 Å². The number of ether oxygens (including phenoxy) is 1. The van der Waals surface area contributed by atoms with Gasteiger partial charge in [0.25, 0.3) is 0 Å². The maximum atomic E-state index is 11.6. The third-order valence-electron chi connectivity index (χ3n) is 1.22. The van der Waals surface area contributed by atoms with E-state index < -0.39 is 7.60 Å². The zero-order chi connectivity index (χ0) is 9.45. The molecule has 0 spiro atoms. The molecule has 0 fully saturated rings. The molecule has 0 rings (SSSR count). The summed E-state index contributed by atoms with van der Waals surface area (Å²) in [4.78, 5) is 0. The summed E-state index contributed by atoms with van der Waals surface area (Å²) in [6, 6.07) is 0. The molecule has 0 saturated heterocycles. The van der Waals surface area contributed by atoms with Crippen LogP contribution in [0.3, 0.4) is 0 Å². The van der Waals surface area contributed by atoms with Gasteiger partial charge in [0, 0.05) is 7.11 Å². The first-order valence-electron chi connectivity index (χ1n) is 4.05. The van der Waals surface area contributed by atoms with Gasteiger partial charge in [-0.25, -0.2) is 0 Å². The number of hydrogen-bond donors (Lipinski definition) is 0. The van der Waals surface area contributed by atoms with Crippen LogP contribution in [0.1, 0.15) is 13.8 Å². The quantitative estimate of drug-likeness (QED) is 0.583. The van der Waals surface area contributed by atoms with Crippen molar-refractivity contribution in [2.45, 2.75) is 13.8 Å². The summed E-state index contributed by atoms with van der Waals surface area (Å²) in [5, 5.41) is 0. The lowest BCUT2D eigenvalue weighted by Gasteiger charge is -2.15. The van der Waals surface area contributed by atoms with E-state index in [9.17, 15) is 4.57 Å². The molecule has 12 heavy (non-hydrogen) atoms. The summed E-state index contributed by atoms with van der Waals surface area (Å²) < 4.78 is 26.5. The van der Waals surface area contributed by atoms with Crippen molar-refractivity contribution < 1.29 is 18.3 Å². The molecule has 4 nitrogen and oxygen atoms in total. The first kappa shape index (κ1) is 12.1. The molecule has 0 N–H and O–H groups in total. The van der Waals surface area contributed by atoms with E-state index in [0.29, 0.717) is 26.0 Å². The summed E-state index contributed by atoms with van der Waals surface area (Å²) in [6.07, 6.45) is 0.325. The van der Waals surface area contributed by atoms with Gasteiger partial charge in [-0.05, 0) is 13.8 Å². The van der Waals surface area contributed by atoms with Crippen molar-refractivity contribution >= 4 is 7.60 Å². The maximum absolute atomic E-state index is 11.6. The minimum absolute atomic E-state index is 0.325. The highest BCUT2D eigenvalue weighted by Crippen LogP contribution is 2.47. The zero-order valence-electron chi connectivity index (χ0n) is 7.91. The van der Waals surface area contributed by atoms with Gasteiger partial charge >= 0.3 is 7.60 Å². The molecular weight excluding hydrogens is 179 g/mol. The summed E-state index contributed by atoms with van der Waals surface area (Å²) in [6.45, 7) is 4.79. The predicted octanol–water partition coefficient (Wildman–Crippen LogP) is 1.90. The Morgan fingerprint density at radius 3 is 2.00 bits per heavy atom. The van der Waals surface area contributed by atoms with E-state index in [0.717, 1.165) is 0 Å². The molecule has 0 unspecified atom stereocenters. The Morgan fingerprint density at radius 1 is 1.17 bits per heavy atom. The highest BCUT2D eigenvalue weighted by atomic mass is 31.2. The smallest absolute Gasteiger partial charge is 0.332 e. The van der Waals surface area contributed by atoms with Gasteiger partial charge in [-0.3, -0.25) is 4.57 Å². The van der Waals surface area contributed by atoms with Crippen molar-refractivity contribution in [3.05, 3.63) is 0 Å². The molecule has 0 aromatic carbocycles. The van der Waals surface area contributed by atoms with Crippen molar-refractivity contribution in [3.8, 4) is 0 Å². The Balaban J connectivity index is 3.90. The van der Waals surface area contributed by atoms with Gasteiger partial charge in [0.15, 0.2) is 0 Å². The maximum Gasteiger partial charge on any atom is 0.332 e. The largest absolute Gasteiger partial charge is 0.384 e.